The number of hydrogen-bond acceptors (Lipinski definition) is 0. The van der Waals surface area contributed by atoms with Gasteiger partial charge in [0.15, 0.2) is 0 Å². The third-order valence-electron chi connectivity index (χ3n) is 3.09. The molecule has 14 heavy (non-hydrogen) atoms. The Morgan fingerprint density at radius 3 is 2.36 bits per heavy atom. The fraction of sp³-hybridized carbons (Fsp3) is 0.286. The van der Waals surface area contributed by atoms with Gasteiger partial charge < -0.3 is 0 Å². The molecular weight excluding hydrogens is 168 g/mol. The van der Waals surface area contributed by atoms with Gasteiger partial charge in [-0.15, -0.1) is 0 Å². The Morgan fingerprint density at radius 2 is 1.64 bits per heavy atom. The second-order valence-electron chi connectivity index (χ2n) is 4.00. The Bertz CT molecular complexity index is 493. The Morgan fingerprint density at radius 1 is 0.929 bits per heavy atom. The van der Waals surface area contributed by atoms with Crippen LogP contribution in [0.15, 0.2) is 18.2 Å². The van der Waals surface area contributed by atoms with Crippen LogP contribution in [0.25, 0.3) is 10.8 Å². The van der Waals surface area contributed by atoms with Gasteiger partial charge in [-0.05, 0) is 66.8 Å². The van der Waals surface area contributed by atoms with Gasteiger partial charge in [0.2, 0.25) is 0 Å². The summed E-state index contributed by atoms with van der Waals surface area (Å²) in [6, 6.07) is 9.84. The highest BCUT2D eigenvalue weighted by Crippen LogP contribution is 2.26. The van der Waals surface area contributed by atoms with E-state index in [0.717, 1.165) is 0 Å². The van der Waals surface area contributed by atoms with E-state index in [9.17, 15) is 0 Å². The maximum atomic E-state index is 3.44. The molecule has 0 amide bonds. The third-order valence-corrected chi connectivity index (χ3v) is 3.09. The topological polar surface area (TPSA) is 0 Å². The minimum Gasteiger partial charge on any atom is -0.0613 e. The molecule has 2 aromatic rings. The van der Waals surface area contributed by atoms with Gasteiger partial charge in [0.1, 0.15) is 0 Å². The standard InChI is InChI=1S/C14H15/c1-9-6-5-7-13-8-10(2)11(3)12(4)14(9)13/h5-7H,1-4H3. The third kappa shape index (κ3) is 1.22. The van der Waals surface area contributed by atoms with E-state index in [4.69, 9.17) is 0 Å². The highest BCUT2D eigenvalue weighted by Gasteiger charge is 2.05. The molecule has 0 fully saturated rings. The minimum atomic E-state index is 1.24. The summed E-state index contributed by atoms with van der Waals surface area (Å²) in [6.45, 7) is 8.67. The molecule has 0 atom stereocenters. The summed E-state index contributed by atoms with van der Waals surface area (Å²) < 4.78 is 0. The van der Waals surface area contributed by atoms with Crippen LogP contribution in [0.3, 0.4) is 0 Å². The van der Waals surface area contributed by atoms with Crippen LogP contribution in [0.5, 0.6) is 0 Å². The van der Waals surface area contributed by atoms with Gasteiger partial charge in [-0.25, -0.2) is 0 Å². The average molecular weight is 183 g/mol. The quantitative estimate of drug-likeness (QED) is 0.581. The van der Waals surface area contributed by atoms with Crippen molar-refractivity contribution in [1.29, 1.82) is 0 Å². The molecule has 0 aliphatic heterocycles. The predicted octanol–water partition coefficient (Wildman–Crippen LogP) is 3.87. The van der Waals surface area contributed by atoms with Crippen molar-refractivity contribution in [2.75, 3.05) is 0 Å². The summed E-state index contributed by atoms with van der Waals surface area (Å²) >= 11 is 0. The first-order chi connectivity index (χ1) is 6.61. The van der Waals surface area contributed by atoms with Crippen LogP contribution >= 0.6 is 0 Å². The number of benzene rings is 2. The van der Waals surface area contributed by atoms with Gasteiger partial charge in [-0.2, -0.15) is 0 Å². The van der Waals surface area contributed by atoms with Crippen molar-refractivity contribution in [3.05, 3.63) is 46.5 Å². The average Bonchev–Trinajstić information content (AvgIpc) is 2.14. The summed E-state index contributed by atoms with van der Waals surface area (Å²) in [6.07, 6.45) is 0. The molecule has 0 saturated carbocycles. The molecule has 0 unspecified atom stereocenters. The molecule has 0 heterocycles. The van der Waals surface area contributed by atoms with E-state index < -0.39 is 0 Å². The van der Waals surface area contributed by atoms with Crippen LogP contribution in [0.4, 0.5) is 0 Å². The first kappa shape index (κ1) is 9.26. The molecule has 0 heteroatoms. The smallest absolute Gasteiger partial charge is 0.00642 e. The highest BCUT2D eigenvalue weighted by molar-refractivity contribution is 5.89. The molecule has 0 bridgehead atoms. The van der Waals surface area contributed by atoms with Gasteiger partial charge >= 0.3 is 0 Å². The van der Waals surface area contributed by atoms with Gasteiger partial charge in [0, 0.05) is 0 Å². The zero-order valence-electron chi connectivity index (χ0n) is 9.23. The van der Waals surface area contributed by atoms with Crippen molar-refractivity contribution >= 4 is 10.8 Å². The van der Waals surface area contributed by atoms with Crippen LogP contribution < -0.4 is 0 Å². The van der Waals surface area contributed by atoms with Crippen molar-refractivity contribution in [1.82, 2.24) is 0 Å². The zero-order chi connectivity index (χ0) is 10.3. The van der Waals surface area contributed by atoms with E-state index in [1.165, 1.54) is 33.0 Å². The Labute approximate surface area is 85.6 Å². The Hall–Kier alpha value is -1.30. The SMILES string of the molecule is Cc1[c]c2cccc(C)c2c(C)c1C. The fourth-order valence-electron chi connectivity index (χ4n) is 2.03. The monoisotopic (exact) mass is 183 g/mol. The Balaban J connectivity index is 2.99. The molecule has 71 valence electrons. The summed E-state index contributed by atoms with van der Waals surface area (Å²) in [5.41, 5.74) is 5.38. The van der Waals surface area contributed by atoms with Crippen LogP contribution in [-0.4, -0.2) is 0 Å². The fourth-order valence-corrected chi connectivity index (χ4v) is 2.03. The maximum absolute atomic E-state index is 3.44. The van der Waals surface area contributed by atoms with Crippen molar-refractivity contribution in [2.24, 2.45) is 0 Å². The highest BCUT2D eigenvalue weighted by atomic mass is 14.1. The van der Waals surface area contributed by atoms with Crippen molar-refractivity contribution < 1.29 is 0 Å². The molecule has 2 rings (SSSR count). The lowest BCUT2D eigenvalue weighted by Gasteiger charge is -2.10. The van der Waals surface area contributed by atoms with E-state index in [-0.39, 0.29) is 0 Å². The summed E-state index contributed by atoms with van der Waals surface area (Å²) in [7, 11) is 0. The lowest BCUT2D eigenvalue weighted by Crippen LogP contribution is -1.91. The van der Waals surface area contributed by atoms with E-state index in [0.29, 0.717) is 0 Å². The zero-order valence-corrected chi connectivity index (χ0v) is 9.23. The number of fused-ring (bicyclic) bond motifs is 1. The molecule has 0 nitrogen and oxygen atoms in total. The van der Waals surface area contributed by atoms with Crippen molar-refractivity contribution in [2.45, 2.75) is 27.7 Å². The first-order valence-corrected chi connectivity index (χ1v) is 4.99. The minimum absolute atomic E-state index is 1.24. The van der Waals surface area contributed by atoms with Crippen molar-refractivity contribution in [3.63, 3.8) is 0 Å². The lowest BCUT2D eigenvalue weighted by atomic mass is 9.94. The molecule has 0 spiro atoms. The van der Waals surface area contributed by atoms with Gasteiger partial charge in [-0.1, -0.05) is 18.2 Å². The van der Waals surface area contributed by atoms with Gasteiger partial charge in [0.05, 0.1) is 0 Å². The summed E-state index contributed by atoms with van der Waals surface area (Å²) in [5.74, 6) is 0. The summed E-state index contributed by atoms with van der Waals surface area (Å²) in [5, 5.41) is 2.61. The number of rotatable bonds is 0. The van der Waals surface area contributed by atoms with Gasteiger partial charge in [-0.3, -0.25) is 0 Å². The molecule has 2 aromatic carbocycles. The maximum Gasteiger partial charge on any atom is -0.00642 e. The second kappa shape index (κ2) is 3.13. The van der Waals surface area contributed by atoms with E-state index >= 15 is 0 Å². The largest absolute Gasteiger partial charge is 0.0613 e. The molecule has 0 N–H and O–H groups in total. The van der Waals surface area contributed by atoms with Crippen molar-refractivity contribution in [3.8, 4) is 0 Å². The summed E-state index contributed by atoms with van der Waals surface area (Å²) in [4.78, 5) is 0. The van der Waals surface area contributed by atoms with E-state index in [1.54, 1.807) is 0 Å². The van der Waals surface area contributed by atoms with E-state index in [1.807, 2.05) is 0 Å². The Kier molecular flexibility index (Phi) is 2.07. The molecule has 0 aliphatic carbocycles. The molecule has 1 radical (unpaired) electrons. The predicted molar refractivity (Wildman–Crippen MR) is 61.7 cm³/mol. The van der Waals surface area contributed by atoms with Gasteiger partial charge in [0.25, 0.3) is 0 Å². The number of aryl methyl sites for hydroxylation is 3. The molecule has 0 aromatic heterocycles. The normalized spacial score (nSPS) is 10.9. The van der Waals surface area contributed by atoms with E-state index in [2.05, 4.69) is 52.0 Å². The number of hydrogen-bond donors (Lipinski definition) is 0. The first-order valence-electron chi connectivity index (χ1n) is 4.99. The molecule has 0 saturated heterocycles. The second-order valence-corrected chi connectivity index (χ2v) is 4.00. The lowest BCUT2D eigenvalue weighted by molar-refractivity contribution is 1.28. The molecular formula is C14H15. The van der Waals surface area contributed by atoms with Crippen LogP contribution in [0, 0.1) is 33.8 Å². The van der Waals surface area contributed by atoms with Crippen LogP contribution in [0.1, 0.15) is 22.3 Å². The molecule has 0 aliphatic rings. The van der Waals surface area contributed by atoms with Crippen LogP contribution in [0.2, 0.25) is 0 Å². The van der Waals surface area contributed by atoms with Crippen LogP contribution in [-0.2, 0) is 0 Å².